The van der Waals surface area contributed by atoms with Gasteiger partial charge in [0.1, 0.15) is 11.5 Å². The van der Waals surface area contributed by atoms with Crippen LogP contribution in [-0.4, -0.2) is 18.9 Å². The van der Waals surface area contributed by atoms with E-state index in [1.807, 2.05) is 20.8 Å². The van der Waals surface area contributed by atoms with Crippen molar-refractivity contribution in [1.29, 1.82) is 0 Å². The average molecular weight is 349 g/mol. The van der Waals surface area contributed by atoms with Crippen LogP contribution >= 0.6 is 11.6 Å². The SMILES string of the molecule is CCC1(C(F)(F)F)C=Cc2c(cc(C(C)(C)C)c(OC)c2Cl)O1. The molecule has 2 nitrogen and oxygen atoms in total. The first kappa shape index (κ1) is 18.0. The average Bonchev–Trinajstić information content (AvgIpc) is 2.44. The van der Waals surface area contributed by atoms with E-state index in [0.717, 1.165) is 6.08 Å². The molecule has 1 aliphatic rings. The highest BCUT2D eigenvalue weighted by Crippen LogP contribution is 2.49. The first-order valence-electron chi connectivity index (χ1n) is 7.33. The van der Waals surface area contributed by atoms with Crippen molar-refractivity contribution in [3.63, 3.8) is 0 Å². The summed E-state index contributed by atoms with van der Waals surface area (Å²) in [5.41, 5.74) is -1.58. The summed E-state index contributed by atoms with van der Waals surface area (Å²) in [5, 5.41) is 0.262. The van der Waals surface area contributed by atoms with E-state index in [1.165, 1.54) is 20.1 Å². The van der Waals surface area contributed by atoms with Gasteiger partial charge in [0.25, 0.3) is 0 Å². The van der Waals surface area contributed by atoms with E-state index in [4.69, 9.17) is 21.1 Å². The van der Waals surface area contributed by atoms with Gasteiger partial charge in [0.05, 0.1) is 12.1 Å². The van der Waals surface area contributed by atoms with Crippen LogP contribution in [0.25, 0.3) is 6.08 Å². The quantitative estimate of drug-likeness (QED) is 0.676. The van der Waals surface area contributed by atoms with Gasteiger partial charge < -0.3 is 9.47 Å². The van der Waals surface area contributed by atoms with Gasteiger partial charge in [-0.1, -0.05) is 39.3 Å². The van der Waals surface area contributed by atoms with E-state index in [9.17, 15) is 13.2 Å². The third-order valence-corrected chi connectivity index (χ3v) is 4.43. The molecule has 1 heterocycles. The predicted octanol–water partition coefficient (Wildman–Crippen LogP) is 5.76. The number of benzene rings is 1. The molecule has 1 aliphatic heterocycles. The van der Waals surface area contributed by atoms with Crippen LogP contribution in [0.3, 0.4) is 0 Å². The molecule has 0 bridgehead atoms. The van der Waals surface area contributed by atoms with E-state index < -0.39 is 11.8 Å². The number of fused-ring (bicyclic) bond motifs is 1. The maximum atomic E-state index is 13.4. The van der Waals surface area contributed by atoms with Crippen LogP contribution in [0.1, 0.15) is 45.2 Å². The summed E-state index contributed by atoms with van der Waals surface area (Å²) in [6.07, 6.45) is -2.34. The standard InChI is InChI=1S/C17H20ClF3O2/c1-6-16(17(19,20)21)8-7-10-12(23-16)9-11(15(2,3)4)14(22-5)13(10)18/h7-9H,6H2,1-5H3. The predicted molar refractivity (Wildman–Crippen MR) is 85.4 cm³/mol. The Morgan fingerprint density at radius 3 is 2.30 bits per heavy atom. The number of rotatable bonds is 2. The molecule has 1 aromatic carbocycles. The molecule has 0 radical (unpaired) electrons. The molecule has 0 aliphatic carbocycles. The molecule has 6 heteroatoms. The van der Waals surface area contributed by atoms with Crippen LogP contribution in [0.5, 0.6) is 11.5 Å². The zero-order valence-electron chi connectivity index (χ0n) is 13.8. The van der Waals surface area contributed by atoms with Crippen molar-refractivity contribution in [3.05, 3.63) is 28.3 Å². The summed E-state index contributed by atoms with van der Waals surface area (Å²) in [4.78, 5) is 0. The van der Waals surface area contributed by atoms with Crippen LogP contribution in [0.4, 0.5) is 13.2 Å². The molecule has 0 spiro atoms. The first-order chi connectivity index (χ1) is 10.5. The first-order valence-corrected chi connectivity index (χ1v) is 7.70. The Balaban J connectivity index is 2.68. The smallest absolute Gasteiger partial charge is 0.432 e. The van der Waals surface area contributed by atoms with Crippen LogP contribution in [0.15, 0.2) is 12.1 Å². The summed E-state index contributed by atoms with van der Waals surface area (Å²) in [6.45, 7) is 7.24. The number of hydrogen-bond donors (Lipinski definition) is 0. The second-order valence-electron chi connectivity index (χ2n) is 6.61. The lowest BCUT2D eigenvalue weighted by Gasteiger charge is -2.37. The molecule has 2 rings (SSSR count). The minimum Gasteiger partial charge on any atom is -0.495 e. The zero-order valence-corrected chi connectivity index (χ0v) is 14.5. The van der Waals surface area contributed by atoms with E-state index in [-0.39, 0.29) is 22.6 Å². The van der Waals surface area contributed by atoms with Gasteiger partial charge in [-0.2, -0.15) is 13.2 Å². The lowest BCUT2D eigenvalue weighted by molar-refractivity contribution is -0.230. The molecule has 0 saturated heterocycles. The van der Waals surface area contributed by atoms with E-state index in [0.29, 0.717) is 16.9 Å². The Kier molecular flexibility index (Phi) is 4.39. The molecule has 1 atom stereocenters. The largest absolute Gasteiger partial charge is 0.495 e. The van der Waals surface area contributed by atoms with Crippen molar-refractivity contribution in [2.24, 2.45) is 0 Å². The van der Waals surface area contributed by atoms with E-state index in [2.05, 4.69) is 0 Å². The second-order valence-corrected chi connectivity index (χ2v) is 6.99. The Labute approximate surface area is 139 Å². The van der Waals surface area contributed by atoms with Crippen molar-refractivity contribution in [3.8, 4) is 11.5 Å². The highest BCUT2D eigenvalue weighted by atomic mass is 35.5. The number of alkyl halides is 3. The van der Waals surface area contributed by atoms with Crippen molar-refractivity contribution in [1.82, 2.24) is 0 Å². The molecule has 0 fully saturated rings. The van der Waals surface area contributed by atoms with Gasteiger partial charge in [0.2, 0.25) is 5.60 Å². The number of hydrogen-bond acceptors (Lipinski definition) is 2. The van der Waals surface area contributed by atoms with Crippen LogP contribution in [0.2, 0.25) is 5.02 Å². The minimum absolute atomic E-state index is 0.127. The molecule has 0 amide bonds. The molecule has 0 aromatic heterocycles. The fraction of sp³-hybridized carbons (Fsp3) is 0.529. The Morgan fingerprint density at radius 1 is 1.26 bits per heavy atom. The number of methoxy groups -OCH3 is 1. The third kappa shape index (κ3) is 2.91. The van der Waals surface area contributed by atoms with Gasteiger partial charge >= 0.3 is 6.18 Å². The van der Waals surface area contributed by atoms with Gasteiger partial charge in [-0.15, -0.1) is 0 Å². The van der Waals surface area contributed by atoms with Gasteiger partial charge in [-0.25, -0.2) is 0 Å². The summed E-state index contributed by atoms with van der Waals surface area (Å²) in [5.74, 6) is 0.588. The second kappa shape index (κ2) is 5.62. The lowest BCUT2D eigenvalue weighted by Crippen LogP contribution is -2.49. The van der Waals surface area contributed by atoms with Crippen molar-refractivity contribution < 1.29 is 22.6 Å². The molecule has 1 unspecified atom stereocenters. The summed E-state index contributed by atoms with van der Waals surface area (Å²) in [6, 6.07) is 1.60. The normalized spacial score (nSPS) is 20.9. The topological polar surface area (TPSA) is 18.5 Å². The lowest BCUT2D eigenvalue weighted by atomic mass is 9.84. The number of ether oxygens (including phenoxy) is 2. The van der Waals surface area contributed by atoms with Gasteiger partial charge in [0, 0.05) is 11.1 Å². The molecule has 128 valence electrons. The van der Waals surface area contributed by atoms with Crippen LogP contribution < -0.4 is 9.47 Å². The Hall–Kier alpha value is -1.36. The van der Waals surface area contributed by atoms with Crippen LogP contribution in [-0.2, 0) is 5.41 Å². The number of halogens is 4. The highest BCUT2D eigenvalue weighted by molar-refractivity contribution is 6.34. The van der Waals surface area contributed by atoms with E-state index in [1.54, 1.807) is 6.07 Å². The summed E-state index contributed by atoms with van der Waals surface area (Å²) >= 11 is 6.35. The maximum Gasteiger partial charge on any atom is 0.432 e. The molecular weight excluding hydrogens is 329 g/mol. The van der Waals surface area contributed by atoms with Crippen molar-refractivity contribution >= 4 is 17.7 Å². The summed E-state index contributed by atoms with van der Waals surface area (Å²) in [7, 11) is 1.49. The monoisotopic (exact) mass is 348 g/mol. The van der Waals surface area contributed by atoms with Gasteiger partial charge in [-0.3, -0.25) is 0 Å². The minimum atomic E-state index is -4.51. The Bertz CT molecular complexity index is 645. The van der Waals surface area contributed by atoms with Gasteiger partial charge in [-0.05, 0) is 30.1 Å². The van der Waals surface area contributed by atoms with Gasteiger partial charge in [0.15, 0.2) is 0 Å². The zero-order chi connectivity index (χ0) is 17.6. The molecular formula is C17H20ClF3O2. The van der Waals surface area contributed by atoms with Crippen molar-refractivity contribution in [2.45, 2.75) is 51.3 Å². The Morgan fingerprint density at radius 2 is 1.87 bits per heavy atom. The summed E-state index contributed by atoms with van der Waals surface area (Å²) < 4.78 is 51.1. The third-order valence-electron chi connectivity index (χ3n) is 4.05. The van der Waals surface area contributed by atoms with Crippen LogP contribution in [0, 0.1) is 0 Å². The fourth-order valence-electron chi connectivity index (χ4n) is 2.61. The highest BCUT2D eigenvalue weighted by Gasteiger charge is 2.55. The molecule has 0 saturated carbocycles. The fourth-order valence-corrected chi connectivity index (χ4v) is 2.95. The van der Waals surface area contributed by atoms with Crippen molar-refractivity contribution in [2.75, 3.05) is 7.11 Å². The molecule has 23 heavy (non-hydrogen) atoms. The maximum absolute atomic E-state index is 13.4. The van der Waals surface area contributed by atoms with E-state index >= 15 is 0 Å². The molecule has 0 N–H and O–H groups in total. The molecule has 1 aromatic rings.